The molecule has 1 rings (SSSR count). The van der Waals surface area contributed by atoms with Crippen LogP contribution in [0, 0.1) is 0 Å². The Morgan fingerprint density at radius 2 is 1.52 bits per heavy atom. The van der Waals surface area contributed by atoms with E-state index in [-0.39, 0.29) is 0 Å². The van der Waals surface area contributed by atoms with Crippen molar-refractivity contribution in [1.29, 1.82) is 0 Å². The summed E-state index contributed by atoms with van der Waals surface area (Å²) in [7, 11) is -8.85. The van der Waals surface area contributed by atoms with Crippen molar-refractivity contribution in [2.45, 2.75) is 9.79 Å². The van der Waals surface area contributed by atoms with Gasteiger partial charge in [0, 0.05) is 0 Å². The molecule has 0 aliphatic heterocycles. The molecule has 0 atom stereocenters. The summed E-state index contributed by atoms with van der Waals surface area (Å²) in [4.78, 5) is 19.9. The van der Waals surface area contributed by atoms with Crippen molar-refractivity contribution < 1.29 is 31.5 Å². The monoisotopic (exact) mass is 357 g/mol. The molecule has 6 N–H and O–H groups in total. The molecule has 0 aliphatic rings. The predicted molar refractivity (Wildman–Crippen MR) is 70.5 cm³/mol. The molecule has 0 aliphatic carbocycles. The number of rotatable bonds is 3. The van der Waals surface area contributed by atoms with Crippen LogP contribution in [-0.2, 0) is 29.6 Å². The number of aliphatic carboxylic acids is 1. The Balaban J connectivity index is 3.63. The van der Waals surface area contributed by atoms with E-state index in [2.05, 4.69) is 0 Å². The van der Waals surface area contributed by atoms with E-state index in [4.69, 9.17) is 27.0 Å². The van der Waals surface area contributed by atoms with Crippen molar-refractivity contribution in [2.75, 3.05) is 5.32 Å². The molecule has 10 nitrogen and oxygen atoms in total. The Morgan fingerprint density at radius 1 is 1.05 bits per heavy atom. The zero-order chi connectivity index (χ0) is 16.6. The number of anilines is 1. The van der Waals surface area contributed by atoms with Crippen molar-refractivity contribution in [2.24, 2.45) is 10.3 Å². The highest BCUT2D eigenvalue weighted by Crippen LogP contribution is 2.30. The smallest absolute Gasteiger partial charge is 0.394 e. The van der Waals surface area contributed by atoms with E-state index in [1.165, 1.54) is 0 Å². The van der Waals surface area contributed by atoms with Crippen molar-refractivity contribution in [3.8, 4) is 0 Å². The molecule has 1 aromatic carbocycles. The molecule has 0 aromatic heterocycles. The molecule has 1 amide bonds. The third-order valence-electron chi connectivity index (χ3n) is 2.09. The highest BCUT2D eigenvalue weighted by molar-refractivity contribution is 7.90. The van der Waals surface area contributed by atoms with E-state index < -0.39 is 52.4 Å². The van der Waals surface area contributed by atoms with Crippen LogP contribution in [0.15, 0.2) is 21.9 Å². The number of hydrogen-bond acceptors (Lipinski definition) is 6. The van der Waals surface area contributed by atoms with Gasteiger partial charge in [-0.05, 0) is 12.1 Å². The van der Waals surface area contributed by atoms with Gasteiger partial charge in [0.15, 0.2) is 0 Å². The number of benzene rings is 1. The maximum atomic E-state index is 11.4. The second-order valence-electron chi connectivity index (χ2n) is 3.63. The number of sulfonamides is 2. The summed E-state index contributed by atoms with van der Waals surface area (Å²) in [5.74, 6) is -3.47. The number of carbonyl (C=O) groups is 2. The Hall–Kier alpha value is -1.73. The number of carboxylic acid groups (broad SMARTS) is 1. The van der Waals surface area contributed by atoms with Crippen LogP contribution in [0.3, 0.4) is 0 Å². The highest BCUT2D eigenvalue weighted by Gasteiger charge is 2.24. The number of carboxylic acids is 1. The summed E-state index contributed by atoms with van der Waals surface area (Å²) in [6.07, 6.45) is 0. The summed E-state index contributed by atoms with van der Waals surface area (Å²) in [5.41, 5.74) is -0.595. The molecular weight excluding hydrogens is 350 g/mol. The number of nitrogens with one attached hydrogen (secondary N) is 1. The highest BCUT2D eigenvalue weighted by atomic mass is 35.5. The van der Waals surface area contributed by atoms with Gasteiger partial charge in [-0.3, -0.25) is 4.79 Å². The molecule has 1 aromatic rings. The normalized spacial score (nSPS) is 12.0. The van der Waals surface area contributed by atoms with Gasteiger partial charge in [-0.1, -0.05) is 11.6 Å². The van der Waals surface area contributed by atoms with E-state index in [9.17, 15) is 26.4 Å². The molecule has 13 heteroatoms. The van der Waals surface area contributed by atoms with Crippen molar-refractivity contribution in [3.05, 3.63) is 17.2 Å². The third-order valence-corrected chi connectivity index (χ3v) is 4.42. The lowest BCUT2D eigenvalue weighted by atomic mass is 10.3. The van der Waals surface area contributed by atoms with Crippen LogP contribution < -0.4 is 15.6 Å². The molecule has 0 saturated carbocycles. The molecule has 21 heavy (non-hydrogen) atoms. The molecule has 0 spiro atoms. The SMILES string of the molecule is NS(=O)(=O)c1cc(S(N)(=O)=O)c(NC(=O)C(=O)O)cc1Cl. The first kappa shape index (κ1) is 17.3. The van der Waals surface area contributed by atoms with Crippen molar-refractivity contribution in [1.82, 2.24) is 0 Å². The minimum atomic E-state index is -4.49. The molecule has 116 valence electrons. The number of halogens is 1. The quantitative estimate of drug-likeness (QED) is 0.481. The van der Waals surface area contributed by atoms with Crippen LogP contribution >= 0.6 is 11.6 Å². The average molecular weight is 358 g/mol. The van der Waals surface area contributed by atoms with Crippen LogP contribution in [0.5, 0.6) is 0 Å². The molecule has 0 heterocycles. The van der Waals surface area contributed by atoms with Gasteiger partial charge < -0.3 is 10.4 Å². The molecule has 0 saturated heterocycles. The minimum absolute atomic E-state index is 0.518. The van der Waals surface area contributed by atoms with E-state index >= 15 is 0 Å². The third kappa shape index (κ3) is 4.12. The number of hydrogen-bond donors (Lipinski definition) is 4. The van der Waals surface area contributed by atoms with E-state index in [0.717, 1.165) is 0 Å². The molecule has 0 unspecified atom stereocenters. The van der Waals surface area contributed by atoms with Gasteiger partial charge in [-0.15, -0.1) is 0 Å². The van der Waals surface area contributed by atoms with Gasteiger partial charge in [-0.2, -0.15) is 0 Å². The van der Waals surface area contributed by atoms with Gasteiger partial charge in [0.1, 0.15) is 9.79 Å². The van der Waals surface area contributed by atoms with Gasteiger partial charge in [-0.25, -0.2) is 31.9 Å². The Kier molecular flexibility index (Phi) is 4.60. The van der Waals surface area contributed by atoms with Crippen LogP contribution in [0.2, 0.25) is 5.02 Å². The average Bonchev–Trinajstić information content (AvgIpc) is 2.25. The molecular formula is C8H8ClN3O7S2. The van der Waals surface area contributed by atoms with Crippen LogP contribution in [0.25, 0.3) is 0 Å². The lowest BCUT2D eigenvalue weighted by Crippen LogP contribution is -2.25. The molecule has 0 radical (unpaired) electrons. The summed E-state index contributed by atoms with van der Waals surface area (Å²) in [5, 5.41) is 19.4. The largest absolute Gasteiger partial charge is 0.474 e. The van der Waals surface area contributed by atoms with Gasteiger partial charge in [0.05, 0.1) is 10.7 Å². The Labute approximate surface area is 123 Å². The number of nitrogens with two attached hydrogens (primary N) is 2. The van der Waals surface area contributed by atoms with Crippen LogP contribution in [0.4, 0.5) is 5.69 Å². The number of primary sulfonamides is 2. The Bertz CT molecular complexity index is 832. The fourth-order valence-electron chi connectivity index (χ4n) is 1.26. The number of amides is 1. The topological polar surface area (TPSA) is 187 Å². The summed E-state index contributed by atoms with van der Waals surface area (Å²) in [6, 6.07) is 1.23. The molecule has 0 fully saturated rings. The van der Waals surface area contributed by atoms with Crippen molar-refractivity contribution >= 4 is 49.2 Å². The van der Waals surface area contributed by atoms with Crippen LogP contribution in [-0.4, -0.2) is 33.8 Å². The second-order valence-corrected chi connectivity index (χ2v) is 7.09. The summed E-state index contributed by atoms with van der Waals surface area (Å²) in [6.45, 7) is 0. The summed E-state index contributed by atoms with van der Waals surface area (Å²) >= 11 is 5.61. The number of carbonyl (C=O) groups excluding carboxylic acids is 1. The van der Waals surface area contributed by atoms with E-state index in [1.54, 1.807) is 5.32 Å². The zero-order valence-corrected chi connectivity index (χ0v) is 12.3. The molecule has 0 bridgehead atoms. The first-order valence-electron chi connectivity index (χ1n) is 4.77. The zero-order valence-electron chi connectivity index (χ0n) is 9.90. The lowest BCUT2D eigenvalue weighted by molar-refractivity contribution is -0.147. The van der Waals surface area contributed by atoms with Crippen molar-refractivity contribution in [3.63, 3.8) is 0 Å². The first-order valence-corrected chi connectivity index (χ1v) is 8.24. The van der Waals surface area contributed by atoms with Gasteiger partial charge in [0.25, 0.3) is 0 Å². The fraction of sp³-hybridized carbons (Fsp3) is 0. The van der Waals surface area contributed by atoms with Crippen LogP contribution in [0.1, 0.15) is 0 Å². The van der Waals surface area contributed by atoms with E-state index in [0.29, 0.717) is 12.1 Å². The predicted octanol–water partition coefficient (Wildman–Crippen LogP) is -1.34. The van der Waals surface area contributed by atoms with E-state index in [1.807, 2.05) is 0 Å². The Morgan fingerprint density at radius 3 is 1.90 bits per heavy atom. The first-order chi connectivity index (χ1) is 9.34. The lowest BCUT2D eigenvalue weighted by Gasteiger charge is -2.11. The fourth-order valence-corrected chi connectivity index (χ4v) is 3.13. The summed E-state index contributed by atoms with van der Waals surface area (Å²) < 4.78 is 45.3. The minimum Gasteiger partial charge on any atom is -0.474 e. The van der Waals surface area contributed by atoms with Gasteiger partial charge in [0.2, 0.25) is 20.0 Å². The maximum absolute atomic E-state index is 11.4. The standard InChI is InChI=1S/C8H8ClN3O7S2/c9-3-1-4(12-7(13)8(14)15)6(21(11,18)19)2-5(3)20(10,16)17/h1-2H,(H,12,13)(H,14,15)(H2,10,16,17)(H2,11,18,19). The maximum Gasteiger partial charge on any atom is 0.394 e. The van der Waals surface area contributed by atoms with Gasteiger partial charge >= 0.3 is 11.9 Å². The second kappa shape index (κ2) is 5.57.